The van der Waals surface area contributed by atoms with E-state index in [0.717, 1.165) is 59.3 Å². The van der Waals surface area contributed by atoms with Gasteiger partial charge in [0.25, 0.3) is 5.91 Å². The summed E-state index contributed by atoms with van der Waals surface area (Å²) in [6.45, 7) is 8.09. The summed E-state index contributed by atoms with van der Waals surface area (Å²) in [6, 6.07) is 21.5. The molecule has 3 amide bonds. The second-order valence-electron chi connectivity index (χ2n) is 15.6. The molecule has 0 unspecified atom stereocenters. The number of halogens is 1. The van der Waals surface area contributed by atoms with Crippen molar-refractivity contribution in [3.05, 3.63) is 112 Å². The molecule has 4 N–H and O–H groups in total. The highest BCUT2D eigenvalue weighted by Crippen LogP contribution is 2.36. The Bertz CT molecular complexity index is 2700. The predicted octanol–water partition coefficient (Wildman–Crippen LogP) is 5.52. The highest BCUT2D eigenvalue weighted by Gasteiger charge is 2.29. The molecule has 8 rings (SSSR count). The molecule has 0 saturated carbocycles. The van der Waals surface area contributed by atoms with Crippen molar-refractivity contribution in [1.82, 2.24) is 34.8 Å². The van der Waals surface area contributed by atoms with Crippen LogP contribution in [0.3, 0.4) is 0 Å². The van der Waals surface area contributed by atoms with Crippen LogP contribution in [0.25, 0.3) is 17.0 Å². The van der Waals surface area contributed by atoms with Gasteiger partial charge in [-0.1, -0.05) is 18.2 Å². The van der Waals surface area contributed by atoms with Crippen LogP contribution in [0.2, 0.25) is 0 Å². The largest absolute Gasteiger partial charge is 0.383 e. The Kier molecular flexibility index (Phi) is 13.8. The number of fused-ring (bicyclic) bond motifs is 1. The molecule has 2 saturated heterocycles. The molecular formula is C44H48FN13O6S. The van der Waals surface area contributed by atoms with Crippen LogP contribution in [0.15, 0.2) is 79.0 Å². The molecule has 2 aliphatic rings. The molecular weight excluding hydrogens is 858 g/mol. The lowest BCUT2D eigenvalue weighted by Crippen LogP contribution is -2.50. The van der Waals surface area contributed by atoms with Gasteiger partial charge >= 0.3 is 5.00 Å². The van der Waals surface area contributed by atoms with Crippen molar-refractivity contribution in [3.63, 3.8) is 0 Å². The molecule has 4 aromatic heterocycles. The van der Waals surface area contributed by atoms with E-state index in [9.17, 15) is 28.9 Å². The number of hydrogen-bond acceptors (Lipinski definition) is 15. The van der Waals surface area contributed by atoms with Gasteiger partial charge in [-0.3, -0.25) is 34.7 Å². The van der Waals surface area contributed by atoms with Crippen molar-refractivity contribution in [3.8, 4) is 11.4 Å². The number of pyridine rings is 1. The summed E-state index contributed by atoms with van der Waals surface area (Å²) in [5, 5.41) is 27.4. The van der Waals surface area contributed by atoms with E-state index < -0.39 is 10.8 Å². The number of piperazine rings is 1. The normalized spacial score (nSPS) is 15.3. The van der Waals surface area contributed by atoms with E-state index in [0.29, 0.717) is 63.8 Å². The van der Waals surface area contributed by atoms with Crippen LogP contribution in [-0.2, 0) is 14.3 Å². The second kappa shape index (κ2) is 20.2. The minimum Gasteiger partial charge on any atom is -0.383 e. The molecule has 1 atom stereocenters. The second-order valence-corrected chi connectivity index (χ2v) is 16.6. The number of rotatable bonds is 17. The zero-order chi connectivity index (χ0) is 45.5. The monoisotopic (exact) mass is 905 g/mol. The van der Waals surface area contributed by atoms with Gasteiger partial charge in [-0.15, -0.1) is 5.10 Å². The number of thiazole rings is 1. The minimum absolute atomic E-state index is 0.0414. The first-order chi connectivity index (χ1) is 31.5. The number of carbonyl (C=O) groups excluding carboxylic acids is 3. The van der Waals surface area contributed by atoms with Crippen molar-refractivity contribution in [2.24, 2.45) is 0 Å². The maximum atomic E-state index is 14.1. The summed E-state index contributed by atoms with van der Waals surface area (Å²) in [6.07, 6.45) is 3.69. The number of anilines is 5. The van der Waals surface area contributed by atoms with E-state index in [1.54, 1.807) is 30.5 Å². The van der Waals surface area contributed by atoms with Crippen LogP contribution in [0, 0.1) is 22.9 Å². The van der Waals surface area contributed by atoms with Crippen LogP contribution in [0.1, 0.15) is 47.4 Å². The fourth-order valence-corrected chi connectivity index (χ4v) is 8.76. The molecule has 6 heterocycles. The van der Waals surface area contributed by atoms with Crippen molar-refractivity contribution >= 4 is 67.8 Å². The number of aromatic nitrogens is 5. The first-order valence-electron chi connectivity index (χ1n) is 21.2. The molecule has 65 heavy (non-hydrogen) atoms. The Morgan fingerprint density at radius 3 is 2.54 bits per heavy atom. The highest BCUT2D eigenvalue weighted by atomic mass is 32.1. The van der Waals surface area contributed by atoms with E-state index in [1.165, 1.54) is 26.0 Å². The number of hydrogen-bond donors (Lipinski definition) is 4. The number of benzene rings is 2. The lowest BCUT2D eigenvalue weighted by atomic mass is 10.0. The molecule has 0 aliphatic carbocycles. The summed E-state index contributed by atoms with van der Waals surface area (Å²) >= 11 is 0.750. The molecule has 2 fully saturated rings. The minimum atomic E-state index is -0.582. The Hall–Kier alpha value is -7.10. The van der Waals surface area contributed by atoms with Gasteiger partial charge in [0.15, 0.2) is 10.8 Å². The quantitative estimate of drug-likeness (QED) is 0.0504. The number of nitrogens with one attached hydrogen (secondary N) is 4. The van der Waals surface area contributed by atoms with Gasteiger partial charge in [-0.2, -0.15) is 0 Å². The zero-order valence-corrected chi connectivity index (χ0v) is 36.6. The maximum Gasteiger partial charge on any atom is 0.348 e. The summed E-state index contributed by atoms with van der Waals surface area (Å²) in [7, 11) is 0. The summed E-state index contributed by atoms with van der Waals surface area (Å²) in [5.41, 5.74) is 4.39. The van der Waals surface area contributed by atoms with Crippen molar-refractivity contribution in [2.75, 3.05) is 91.3 Å². The standard InChI is InChI=1S/C44H48FN13O6S/c1-28-43(58(62)63)65-44(49-28)52-42(61)33-12-11-32(25-35(33)50-29(2)59)46-15-22-64-23-16-47-41(60)27-54-18-20-55(21-19-54)39-10-4-8-34(51-39)37-26-48-38-13-14-40(53-57(37)38)56-17-5-9-36(56)30-6-3-7-31(45)24-30/h3-4,6-8,10-14,24-26,36,46H,5,9,15-23,27H2,1-2H3,(H,47,60)(H,50,59)(H,49,52,61)/t36-/m1/s1. The lowest BCUT2D eigenvalue weighted by molar-refractivity contribution is -0.380. The first-order valence-corrected chi connectivity index (χ1v) is 22.1. The van der Waals surface area contributed by atoms with Crippen LogP contribution < -0.4 is 31.1 Å². The number of amides is 3. The number of nitro groups is 1. The molecule has 6 aromatic rings. The first kappa shape index (κ1) is 44.5. The van der Waals surface area contributed by atoms with E-state index >= 15 is 0 Å². The molecule has 21 heteroatoms. The zero-order valence-electron chi connectivity index (χ0n) is 35.8. The fourth-order valence-electron chi connectivity index (χ4n) is 7.98. The summed E-state index contributed by atoms with van der Waals surface area (Å²) in [5.74, 6) is 0.342. The number of carbonyl (C=O) groups is 3. The Morgan fingerprint density at radius 2 is 1.75 bits per heavy atom. The maximum absolute atomic E-state index is 14.1. The summed E-state index contributed by atoms with van der Waals surface area (Å²) in [4.78, 5) is 68.5. The average Bonchev–Trinajstić information content (AvgIpc) is 4.05. The van der Waals surface area contributed by atoms with Gasteiger partial charge in [0, 0.05) is 58.4 Å². The molecule has 19 nitrogen and oxygen atoms in total. The van der Waals surface area contributed by atoms with Crippen LogP contribution in [0.5, 0.6) is 0 Å². The van der Waals surface area contributed by atoms with Gasteiger partial charge in [0.2, 0.25) is 11.8 Å². The van der Waals surface area contributed by atoms with Gasteiger partial charge in [0.1, 0.15) is 28.8 Å². The number of imidazole rings is 1. The molecule has 338 valence electrons. The van der Waals surface area contributed by atoms with Crippen LogP contribution >= 0.6 is 11.3 Å². The van der Waals surface area contributed by atoms with Gasteiger partial charge < -0.3 is 30.5 Å². The number of nitrogens with zero attached hydrogens (tertiary/aromatic N) is 9. The Labute approximate surface area is 377 Å². The molecule has 2 aromatic carbocycles. The SMILES string of the molecule is CC(=O)Nc1cc(NCCOCCNC(=O)CN2CCN(c3cccc(-c4cnc5ccc(N6CCC[C@@H]6c6cccc(F)c6)nn45)n3)CC2)ccc1C(=O)Nc1nc(C)c([N+](=O)[O-])s1. The molecule has 0 spiro atoms. The fraction of sp³-hybridized carbons (Fsp3) is 0.341. The van der Waals surface area contributed by atoms with E-state index in [1.807, 2.05) is 40.9 Å². The average molecular weight is 906 g/mol. The van der Waals surface area contributed by atoms with Crippen molar-refractivity contribution < 1.29 is 28.4 Å². The lowest BCUT2D eigenvalue weighted by Gasteiger charge is -2.35. The molecule has 0 radical (unpaired) electrons. The third-order valence-electron chi connectivity index (χ3n) is 11.1. The third-order valence-corrected chi connectivity index (χ3v) is 12.1. The van der Waals surface area contributed by atoms with Gasteiger partial charge in [0.05, 0.1) is 53.9 Å². The smallest absolute Gasteiger partial charge is 0.348 e. The third kappa shape index (κ3) is 10.8. The number of ether oxygens (including phenoxy) is 1. The van der Waals surface area contributed by atoms with Crippen molar-refractivity contribution in [2.45, 2.75) is 32.7 Å². The van der Waals surface area contributed by atoms with E-state index in [4.69, 9.17) is 14.8 Å². The van der Waals surface area contributed by atoms with Crippen LogP contribution in [-0.4, -0.2) is 118 Å². The highest BCUT2D eigenvalue weighted by molar-refractivity contribution is 7.19. The Morgan fingerprint density at radius 1 is 0.938 bits per heavy atom. The van der Waals surface area contributed by atoms with E-state index in [-0.39, 0.29) is 57.3 Å². The van der Waals surface area contributed by atoms with Crippen molar-refractivity contribution in [1.29, 1.82) is 0 Å². The van der Waals surface area contributed by atoms with E-state index in [2.05, 4.69) is 45.9 Å². The Balaban J connectivity index is 0.761. The van der Waals surface area contributed by atoms with Crippen LogP contribution in [0.4, 0.5) is 37.5 Å². The topological polar surface area (TPSA) is 217 Å². The van der Waals surface area contributed by atoms with Gasteiger partial charge in [-0.25, -0.2) is 23.9 Å². The predicted molar refractivity (Wildman–Crippen MR) is 245 cm³/mol. The summed E-state index contributed by atoms with van der Waals surface area (Å²) < 4.78 is 21.6. The molecule has 0 bridgehead atoms. The molecule has 2 aliphatic heterocycles. The number of aryl methyl sites for hydroxylation is 1. The van der Waals surface area contributed by atoms with Gasteiger partial charge in [-0.05, 0) is 91.3 Å².